The van der Waals surface area contributed by atoms with Gasteiger partial charge in [0.1, 0.15) is 11.9 Å². The normalized spacial score (nSPS) is 16.0. The first-order valence-corrected chi connectivity index (χ1v) is 9.36. The van der Waals surface area contributed by atoms with Gasteiger partial charge in [0.15, 0.2) is 5.69 Å². The van der Waals surface area contributed by atoms with E-state index in [0.717, 1.165) is 11.3 Å². The number of ether oxygens (including phenoxy) is 1. The molecule has 2 aromatic carbocycles. The molecule has 146 valence electrons. The first kappa shape index (κ1) is 18.0. The minimum Gasteiger partial charge on any atom is -0.365 e. The van der Waals surface area contributed by atoms with E-state index in [1.165, 1.54) is 6.07 Å². The average molecular weight is 412 g/mol. The smallest absolute Gasteiger partial charge is 0.258 e. The van der Waals surface area contributed by atoms with E-state index in [0.29, 0.717) is 35.0 Å². The Morgan fingerprint density at radius 1 is 1.17 bits per heavy atom. The molecular weight excluding hydrogens is 397 g/mol. The largest absolute Gasteiger partial charge is 0.365 e. The number of benzene rings is 2. The molecule has 0 aliphatic carbocycles. The van der Waals surface area contributed by atoms with Crippen molar-refractivity contribution in [2.24, 2.45) is 0 Å². The fraction of sp³-hybridized carbons (Fsp3) is 0.200. The van der Waals surface area contributed by atoms with Gasteiger partial charge in [0.25, 0.3) is 5.89 Å². The highest BCUT2D eigenvalue weighted by Crippen LogP contribution is 2.31. The maximum absolute atomic E-state index is 13.8. The maximum Gasteiger partial charge on any atom is 0.258 e. The van der Waals surface area contributed by atoms with Crippen molar-refractivity contribution in [1.82, 2.24) is 25.1 Å². The highest BCUT2D eigenvalue weighted by molar-refractivity contribution is 6.30. The molecule has 2 aromatic heterocycles. The standard InChI is InChI=1S/C20H15ClFN5O2/c1-11-2-3-13(8-15(11)22)20-23-19(25-29-20)18-16-10-28-17(9-27(16)26-24-18)12-4-6-14(21)7-5-12/h2-8,17H,9-10H2,1H3. The minimum atomic E-state index is -0.329. The van der Waals surface area contributed by atoms with Crippen LogP contribution in [0.5, 0.6) is 0 Å². The van der Waals surface area contributed by atoms with Crippen molar-refractivity contribution in [2.75, 3.05) is 0 Å². The van der Waals surface area contributed by atoms with Gasteiger partial charge in [-0.25, -0.2) is 9.07 Å². The fourth-order valence-electron chi connectivity index (χ4n) is 3.23. The monoisotopic (exact) mass is 411 g/mol. The predicted molar refractivity (Wildman–Crippen MR) is 102 cm³/mol. The Morgan fingerprint density at radius 2 is 2.00 bits per heavy atom. The van der Waals surface area contributed by atoms with E-state index in [2.05, 4.69) is 20.5 Å². The molecule has 0 amide bonds. The van der Waals surface area contributed by atoms with Crippen molar-refractivity contribution < 1.29 is 13.7 Å². The molecule has 1 aliphatic rings. The summed E-state index contributed by atoms with van der Waals surface area (Å²) in [5.41, 5.74) is 3.32. The summed E-state index contributed by atoms with van der Waals surface area (Å²) in [5.74, 6) is 0.178. The molecule has 29 heavy (non-hydrogen) atoms. The van der Waals surface area contributed by atoms with Crippen LogP contribution >= 0.6 is 11.6 Å². The van der Waals surface area contributed by atoms with Gasteiger partial charge in [-0.15, -0.1) is 5.10 Å². The van der Waals surface area contributed by atoms with Crippen molar-refractivity contribution in [3.63, 3.8) is 0 Å². The van der Waals surface area contributed by atoms with Crippen molar-refractivity contribution in [1.29, 1.82) is 0 Å². The lowest BCUT2D eigenvalue weighted by Gasteiger charge is -2.24. The van der Waals surface area contributed by atoms with E-state index in [9.17, 15) is 4.39 Å². The second-order valence-electron chi connectivity index (χ2n) is 6.81. The zero-order valence-electron chi connectivity index (χ0n) is 15.3. The zero-order valence-corrected chi connectivity index (χ0v) is 16.1. The fourth-order valence-corrected chi connectivity index (χ4v) is 3.35. The summed E-state index contributed by atoms with van der Waals surface area (Å²) < 4.78 is 26.9. The van der Waals surface area contributed by atoms with Crippen LogP contribution in [0.1, 0.15) is 22.9 Å². The van der Waals surface area contributed by atoms with Crippen molar-refractivity contribution in [3.05, 3.63) is 70.1 Å². The Balaban J connectivity index is 1.41. The average Bonchev–Trinajstić information content (AvgIpc) is 3.37. The maximum atomic E-state index is 13.8. The van der Waals surface area contributed by atoms with Gasteiger partial charge < -0.3 is 9.26 Å². The van der Waals surface area contributed by atoms with E-state index < -0.39 is 0 Å². The molecule has 1 atom stereocenters. The molecule has 9 heteroatoms. The second-order valence-corrected chi connectivity index (χ2v) is 7.24. The molecule has 5 rings (SSSR count). The third kappa shape index (κ3) is 3.30. The first-order valence-electron chi connectivity index (χ1n) is 8.98. The summed E-state index contributed by atoms with van der Waals surface area (Å²) in [7, 11) is 0. The van der Waals surface area contributed by atoms with Crippen LogP contribution in [0.15, 0.2) is 47.0 Å². The third-order valence-corrected chi connectivity index (χ3v) is 5.15. The number of fused-ring (bicyclic) bond motifs is 1. The van der Waals surface area contributed by atoms with Crippen LogP contribution in [0.4, 0.5) is 4.39 Å². The van der Waals surface area contributed by atoms with Gasteiger partial charge in [0, 0.05) is 10.6 Å². The van der Waals surface area contributed by atoms with Crippen LogP contribution < -0.4 is 0 Å². The van der Waals surface area contributed by atoms with Gasteiger partial charge in [0.2, 0.25) is 5.82 Å². The number of halogens is 2. The molecule has 1 aliphatic heterocycles. The highest BCUT2D eigenvalue weighted by Gasteiger charge is 2.27. The third-order valence-electron chi connectivity index (χ3n) is 4.90. The van der Waals surface area contributed by atoms with E-state index >= 15 is 0 Å². The van der Waals surface area contributed by atoms with Crippen LogP contribution in [0.2, 0.25) is 5.02 Å². The molecule has 1 unspecified atom stereocenters. The van der Waals surface area contributed by atoms with Gasteiger partial charge in [-0.3, -0.25) is 0 Å². The van der Waals surface area contributed by atoms with E-state index in [1.807, 2.05) is 24.3 Å². The van der Waals surface area contributed by atoms with E-state index in [-0.39, 0.29) is 23.6 Å². The molecule has 0 spiro atoms. The molecule has 0 N–H and O–H groups in total. The molecule has 0 saturated carbocycles. The number of hydrogen-bond donors (Lipinski definition) is 0. The predicted octanol–water partition coefficient (Wildman–Crippen LogP) is 4.37. The lowest BCUT2D eigenvalue weighted by atomic mass is 10.1. The van der Waals surface area contributed by atoms with Crippen LogP contribution in [-0.2, 0) is 17.9 Å². The molecule has 0 radical (unpaired) electrons. The Kier molecular flexibility index (Phi) is 4.37. The lowest BCUT2D eigenvalue weighted by molar-refractivity contribution is -0.00111. The van der Waals surface area contributed by atoms with Crippen molar-refractivity contribution in [3.8, 4) is 23.0 Å². The van der Waals surface area contributed by atoms with Crippen LogP contribution in [0.25, 0.3) is 23.0 Å². The summed E-state index contributed by atoms with van der Waals surface area (Å²) in [4.78, 5) is 4.36. The van der Waals surface area contributed by atoms with E-state index in [4.69, 9.17) is 20.9 Å². The van der Waals surface area contributed by atoms with Gasteiger partial charge in [-0.05, 0) is 42.3 Å². The minimum absolute atomic E-state index is 0.148. The molecule has 0 bridgehead atoms. The molecule has 0 saturated heterocycles. The Hall–Kier alpha value is -3.10. The van der Waals surface area contributed by atoms with Gasteiger partial charge >= 0.3 is 0 Å². The summed E-state index contributed by atoms with van der Waals surface area (Å²) in [5, 5.41) is 13.1. The molecule has 0 fully saturated rings. The summed E-state index contributed by atoms with van der Waals surface area (Å²) in [6.07, 6.45) is -0.148. The highest BCUT2D eigenvalue weighted by atomic mass is 35.5. The van der Waals surface area contributed by atoms with Gasteiger partial charge in [0.05, 0.1) is 18.8 Å². The molecular formula is C20H15ClFN5O2. The Labute approximate surface area is 170 Å². The molecule has 4 aromatic rings. The van der Waals surface area contributed by atoms with Gasteiger partial charge in [-0.1, -0.05) is 40.2 Å². The van der Waals surface area contributed by atoms with Gasteiger partial charge in [-0.2, -0.15) is 4.98 Å². The van der Waals surface area contributed by atoms with E-state index in [1.54, 1.807) is 23.7 Å². The summed E-state index contributed by atoms with van der Waals surface area (Å²) in [6, 6.07) is 12.3. The Morgan fingerprint density at radius 3 is 2.79 bits per heavy atom. The van der Waals surface area contributed by atoms with Crippen molar-refractivity contribution in [2.45, 2.75) is 26.2 Å². The van der Waals surface area contributed by atoms with Crippen LogP contribution in [-0.4, -0.2) is 25.1 Å². The van der Waals surface area contributed by atoms with Crippen molar-refractivity contribution >= 4 is 11.6 Å². The number of aryl methyl sites for hydroxylation is 1. The Bertz CT molecular complexity index is 1190. The van der Waals surface area contributed by atoms with Crippen LogP contribution in [0.3, 0.4) is 0 Å². The number of hydrogen-bond acceptors (Lipinski definition) is 6. The second kappa shape index (κ2) is 7.06. The summed E-state index contributed by atoms with van der Waals surface area (Å²) in [6.45, 7) is 2.51. The first-order chi connectivity index (χ1) is 14.1. The van der Waals surface area contributed by atoms with Crippen LogP contribution in [0, 0.1) is 12.7 Å². The number of aromatic nitrogens is 5. The quantitative estimate of drug-likeness (QED) is 0.498. The topological polar surface area (TPSA) is 78.9 Å². The number of rotatable bonds is 3. The zero-order chi connectivity index (χ0) is 20.0. The lowest BCUT2D eigenvalue weighted by Crippen LogP contribution is -2.22. The SMILES string of the molecule is Cc1ccc(-c2nc(-c3nnn4c3COC(c3ccc(Cl)cc3)C4)no2)cc1F. The summed E-state index contributed by atoms with van der Waals surface area (Å²) >= 11 is 5.95. The molecule has 3 heterocycles. The molecule has 7 nitrogen and oxygen atoms in total. The number of nitrogens with zero attached hydrogens (tertiary/aromatic N) is 5.